The highest BCUT2D eigenvalue weighted by molar-refractivity contribution is 7.88. The first kappa shape index (κ1) is 22.3. The van der Waals surface area contributed by atoms with Gasteiger partial charge >= 0.3 is 0 Å². The van der Waals surface area contributed by atoms with Crippen LogP contribution in [-0.2, 0) is 15.4 Å². The van der Waals surface area contributed by atoms with Crippen molar-refractivity contribution in [2.75, 3.05) is 37.3 Å². The Bertz CT molecular complexity index is 1530. The highest BCUT2D eigenvalue weighted by Crippen LogP contribution is 2.35. The molecule has 34 heavy (non-hydrogen) atoms. The van der Waals surface area contributed by atoms with Gasteiger partial charge in [0.2, 0.25) is 10.0 Å². The van der Waals surface area contributed by atoms with Crippen molar-refractivity contribution in [2.24, 2.45) is 0 Å². The summed E-state index contributed by atoms with van der Waals surface area (Å²) in [7, 11) is -3.17. The molecule has 0 unspecified atom stereocenters. The maximum Gasteiger partial charge on any atom is 0.211 e. The molecule has 1 saturated heterocycles. The lowest BCUT2D eigenvalue weighted by atomic mass is 9.86. The van der Waals surface area contributed by atoms with E-state index in [-0.39, 0.29) is 0 Å². The maximum absolute atomic E-state index is 11.9. The minimum Gasteiger partial charge on any atom is -0.369 e. The highest BCUT2D eigenvalue weighted by atomic mass is 32.2. The van der Waals surface area contributed by atoms with E-state index in [1.54, 1.807) is 6.20 Å². The van der Waals surface area contributed by atoms with Gasteiger partial charge in [-0.1, -0.05) is 24.3 Å². The van der Waals surface area contributed by atoms with E-state index in [2.05, 4.69) is 32.2 Å². The van der Waals surface area contributed by atoms with Gasteiger partial charge in [0.25, 0.3) is 0 Å². The van der Waals surface area contributed by atoms with Gasteiger partial charge in [-0.3, -0.25) is 10.1 Å². The number of piperazine rings is 1. The molecule has 5 rings (SSSR count). The van der Waals surface area contributed by atoms with E-state index < -0.39 is 15.4 Å². The van der Waals surface area contributed by atoms with Crippen molar-refractivity contribution in [3.05, 3.63) is 54.2 Å². The van der Waals surface area contributed by atoms with Crippen LogP contribution in [0, 0.1) is 11.3 Å². The van der Waals surface area contributed by atoms with Crippen molar-refractivity contribution in [2.45, 2.75) is 19.3 Å². The number of aromatic nitrogens is 3. The second-order valence-corrected chi connectivity index (χ2v) is 11.3. The van der Waals surface area contributed by atoms with Gasteiger partial charge in [0.1, 0.15) is 5.69 Å². The lowest BCUT2D eigenvalue weighted by Gasteiger charge is -2.34. The van der Waals surface area contributed by atoms with Crippen molar-refractivity contribution >= 4 is 37.5 Å². The van der Waals surface area contributed by atoms with Gasteiger partial charge in [-0.25, -0.2) is 8.42 Å². The van der Waals surface area contributed by atoms with Gasteiger partial charge in [-0.2, -0.15) is 14.7 Å². The second-order valence-electron chi connectivity index (χ2n) is 9.28. The van der Waals surface area contributed by atoms with E-state index in [9.17, 15) is 13.7 Å². The summed E-state index contributed by atoms with van der Waals surface area (Å²) in [6.45, 7) is 6.03. The third kappa shape index (κ3) is 3.89. The minimum absolute atomic E-state index is 0.474. The predicted molar refractivity (Wildman–Crippen MR) is 134 cm³/mol. The van der Waals surface area contributed by atoms with E-state index in [0.29, 0.717) is 26.2 Å². The number of anilines is 1. The van der Waals surface area contributed by atoms with E-state index in [1.807, 2.05) is 50.2 Å². The van der Waals surface area contributed by atoms with E-state index >= 15 is 0 Å². The predicted octanol–water partition coefficient (Wildman–Crippen LogP) is 3.66. The van der Waals surface area contributed by atoms with Crippen LogP contribution in [0.3, 0.4) is 0 Å². The molecule has 0 amide bonds. The number of pyridine rings is 1. The van der Waals surface area contributed by atoms with Crippen molar-refractivity contribution in [3.8, 4) is 17.3 Å². The van der Waals surface area contributed by atoms with Crippen LogP contribution >= 0.6 is 0 Å². The standard InChI is InChI=1S/C25H26N6O2S/c1-25(2,16-26)18-6-4-17(5-7-18)24-23-20-14-19(8-9-21(20)27-15-22(23)28-29-24)30-10-12-31(13-11-30)34(3,32)33/h4-9,14-15H,10-13H2,1-3H3,(H,28,29). The Hall–Kier alpha value is -3.48. The van der Waals surface area contributed by atoms with Gasteiger partial charge in [-0.05, 0) is 37.6 Å². The number of sulfonamides is 1. The fourth-order valence-electron chi connectivity index (χ4n) is 4.49. The minimum atomic E-state index is -3.17. The van der Waals surface area contributed by atoms with E-state index in [4.69, 9.17) is 0 Å². The van der Waals surface area contributed by atoms with Crippen molar-refractivity contribution < 1.29 is 8.42 Å². The molecule has 0 radical (unpaired) electrons. The Balaban J connectivity index is 1.55. The lowest BCUT2D eigenvalue weighted by Crippen LogP contribution is -2.48. The van der Waals surface area contributed by atoms with Gasteiger partial charge in [0, 0.05) is 48.2 Å². The zero-order valence-corrected chi connectivity index (χ0v) is 20.2. The molecule has 0 bridgehead atoms. The number of rotatable bonds is 4. The maximum atomic E-state index is 11.9. The number of hydrogen-bond acceptors (Lipinski definition) is 6. The number of H-pyrrole nitrogens is 1. The van der Waals surface area contributed by atoms with Crippen LogP contribution in [0.4, 0.5) is 5.69 Å². The van der Waals surface area contributed by atoms with Gasteiger partial charge in [-0.15, -0.1) is 0 Å². The molecule has 8 nitrogen and oxygen atoms in total. The SMILES string of the molecule is CC(C)(C#N)c1ccc(-c2n[nH]c3cnc4ccc(N5CCN(S(C)(=O)=O)CC5)cc4c23)cc1. The molecule has 9 heteroatoms. The Kier molecular flexibility index (Phi) is 5.30. The number of nitrogens with one attached hydrogen (secondary N) is 1. The number of benzene rings is 2. The summed E-state index contributed by atoms with van der Waals surface area (Å²) in [5.74, 6) is 0. The molecule has 3 heterocycles. The normalized spacial score (nSPS) is 15.6. The summed E-state index contributed by atoms with van der Waals surface area (Å²) >= 11 is 0. The Morgan fingerprint density at radius 3 is 2.41 bits per heavy atom. The summed E-state index contributed by atoms with van der Waals surface area (Å²) in [4.78, 5) is 6.80. The molecule has 1 aliphatic heterocycles. The summed E-state index contributed by atoms with van der Waals surface area (Å²) in [5, 5.41) is 19.1. The largest absolute Gasteiger partial charge is 0.369 e. The van der Waals surface area contributed by atoms with Crippen LogP contribution in [0.25, 0.3) is 33.1 Å². The molecule has 174 valence electrons. The topological polar surface area (TPSA) is 106 Å². The molecular formula is C25H26N6O2S. The average molecular weight is 475 g/mol. The second kappa shape index (κ2) is 8.08. The van der Waals surface area contributed by atoms with Crippen LogP contribution in [-0.4, -0.2) is 60.3 Å². The first-order valence-electron chi connectivity index (χ1n) is 11.2. The quantitative estimate of drug-likeness (QED) is 0.484. The van der Waals surface area contributed by atoms with Crippen LogP contribution in [0.5, 0.6) is 0 Å². The summed E-state index contributed by atoms with van der Waals surface area (Å²) in [6, 6.07) is 16.5. The number of aromatic amines is 1. The molecule has 2 aromatic heterocycles. The van der Waals surface area contributed by atoms with Crippen LogP contribution < -0.4 is 4.90 Å². The van der Waals surface area contributed by atoms with Crippen LogP contribution in [0.1, 0.15) is 19.4 Å². The molecule has 0 saturated carbocycles. The molecule has 0 atom stereocenters. The van der Waals surface area contributed by atoms with E-state index in [1.165, 1.54) is 10.6 Å². The number of hydrogen-bond donors (Lipinski definition) is 1. The third-order valence-corrected chi connectivity index (χ3v) is 7.91. The Morgan fingerprint density at radius 2 is 1.76 bits per heavy atom. The molecular weight excluding hydrogens is 448 g/mol. The fourth-order valence-corrected chi connectivity index (χ4v) is 5.31. The Morgan fingerprint density at radius 1 is 1.06 bits per heavy atom. The molecule has 4 aromatic rings. The molecule has 0 spiro atoms. The average Bonchev–Trinajstić information content (AvgIpc) is 3.28. The molecule has 1 N–H and O–H groups in total. The molecule has 1 aliphatic rings. The van der Waals surface area contributed by atoms with E-state index in [0.717, 1.165) is 44.3 Å². The summed E-state index contributed by atoms with van der Waals surface area (Å²) < 4.78 is 25.2. The first-order valence-corrected chi connectivity index (χ1v) is 13.0. The van der Waals surface area contributed by atoms with Crippen molar-refractivity contribution in [1.29, 1.82) is 5.26 Å². The fraction of sp³-hybridized carbons (Fsp3) is 0.320. The zero-order chi connectivity index (χ0) is 24.1. The summed E-state index contributed by atoms with van der Waals surface area (Å²) in [5.41, 5.74) is 4.96. The first-order chi connectivity index (χ1) is 16.2. The summed E-state index contributed by atoms with van der Waals surface area (Å²) in [6.07, 6.45) is 3.06. The molecule has 1 fully saturated rings. The number of nitriles is 1. The number of fused-ring (bicyclic) bond motifs is 3. The lowest BCUT2D eigenvalue weighted by molar-refractivity contribution is 0.388. The Labute approximate surface area is 198 Å². The third-order valence-electron chi connectivity index (χ3n) is 6.61. The van der Waals surface area contributed by atoms with Crippen LogP contribution in [0.2, 0.25) is 0 Å². The smallest absolute Gasteiger partial charge is 0.211 e. The van der Waals surface area contributed by atoms with Gasteiger partial charge in [0.05, 0.1) is 35.0 Å². The molecule has 0 aliphatic carbocycles. The van der Waals surface area contributed by atoms with Crippen molar-refractivity contribution in [1.82, 2.24) is 19.5 Å². The number of nitrogens with zero attached hydrogens (tertiary/aromatic N) is 5. The van der Waals surface area contributed by atoms with Crippen LogP contribution in [0.15, 0.2) is 48.7 Å². The monoisotopic (exact) mass is 474 g/mol. The van der Waals surface area contributed by atoms with Gasteiger partial charge in [0.15, 0.2) is 0 Å². The molecule has 2 aromatic carbocycles. The van der Waals surface area contributed by atoms with Gasteiger partial charge < -0.3 is 4.90 Å². The zero-order valence-electron chi connectivity index (χ0n) is 19.4. The van der Waals surface area contributed by atoms with Crippen molar-refractivity contribution in [3.63, 3.8) is 0 Å². The highest BCUT2D eigenvalue weighted by Gasteiger charge is 2.24.